The molecule has 5 nitrogen and oxygen atoms in total. The van der Waals surface area contributed by atoms with Crippen molar-refractivity contribution in [2.45, 2.75) is 70.6 Å². The summed E-state index contributed by atoms with van der Waals surface area (Å²) in [6.45, 7) is 4.43. The molecule has 1 fully saturated rings. The summed E-state index contributed by atoms with van der Waals surface area (Å²) in [5.74, 6) is 1.51. The Hall–Kier alpha value is -2.40. The van der Waals surface area contributed by atoms with E-state index in [0.29, 0.717) is 18.3 Å². The van der Waals surface area contributed by atoms with Gasteiger partial charge in [-0.3, -0.25) is 9.59 Å². The highest BCUT2D eigenvalue weighted by Crippen LogP contribution is 2.34. The summed E-state index contributed by atoms with van der Waals surface area (Å²) in [4.78, 5) is 21.2. The highest BCUT2D eigenvalue weighted by molar-refractivity contribution is 5.94. The van der Waals surface area contributed by atoms with Crippen LogP contribution in [0.2, 0.25) is 0 Å². The number of hydrogen-bond donors (Lipinski definition) is 1. The first-order valence-electron chi connectivity index (χ1n) is 11.2. The predicted molar refractivity (Wildman–Crippen MR) is 128 cm³/mol. The number of benzene rings is 1. The molecule has 31 heavy (non-hydrogen) atoms. The van der Waals surface area contributed by atoms with Crippen molar-refractivity contribution >= 4 is 12.2 Å². The van der Waals surface area contributed by atoms with Crippen LogP contribution in [0, 0.1) is 0 Å². The minimum Gasteiger partial charge on any atom is -0.388 e. The van der Waals surface area contributed by atoms with Crippen LogP contribution < -0.4 is 5.73 Å². The van der Waals surface area contributed by atoms with Crippen molar-refractivity contribution in [3.8, 4) is 0 Å². The van der Waals surface area contributed by atoms with Gasteiger partial charge in [0.2, 0.25) is 6.41 Å². The number of carbonyl (C=O) groups excluding carboxylic acids is 2. The first-order chi connectivity index (χ1) is 14.9. The third kappa shape index (κ3) is 8.70. The number of ketones is 1. The molecule has 1 aromatic heterocycles. The summed E-state index contributed by atoms with van der Waals surface area (Å²) < 4.78 is 6.40. The molecule has 0 aliphatic heterocycles. The first-order valence-corrected chi connectivity index (χ1v) is 11.2. The van der Waals surface area contributed by atoms with Crippen molar-refractivity contribution in [2.24, 2.45) is 12.8 Å². The SMILES string of the molecule is CC(C)c1ccc(CCCC(=O)c2ccc(C3CCCC3)n2C)cc1.COC.NC=O. The number of nitrogens with zero attached hydrogens (tertiary/aromatic N) is 1. The molecule has 2 aromatic rings. The van der Waals surface area contributed by atoms with Crippen molar-refractivity contribution in [3.63, 3.8) is 0 Å². The van der Waals surface area contributed by atoms with E-state index in [1.807, 2.05) is 6.07 Å². The summed E-state index contributed by atoms with van der Waals surface area (Å²) in [5.41, 5.74) is 9.11. The van der Waals surface area contributed by atoms with Gasteiger partial charge >= 0.3 is 0 Å². The minimum atomic E-state index is 0.250. The van der Waals surface area contributed by atoms with Crippen LogP contribution in [0.15, 0.2) is 36.4 Å². The number of amides is 1. The fourth-order valence-electron chi connectivity index (χ4n) is 4.09. The Balaban J connectivity index is 0.000000720. The van der Waals surface area contributed by atoms with E-state index >= 15 is 0 Å². The fraction of sp³-hybridized carbons (Fsp3) is 0.538. The molecular formula is C26H40N2O3. The van der Waals surface area contributed by atoms with Crippen LogP contribution in [-0.4, -0.2) is 31.0 Å². The number of primary amides is 1. The number of rotatable bonds is 7. The van der Waals surface area contributed by atoms with Gasteiger partial charge in [-0.2, -0.15) is 0 Å². The molecule has 0 unspecified atom stereocenters. The molecule has 1 aliphatic rings. The average Bonchev–Trinajstić information content (AvgIpc) is 3.39. The largest absolute Gasteiger partial charge is 0.388 e. The van der Waals surface area contributed by atoms with Gasteiger partial charge in [-0.25, -0.2) is 0 Å². The molecule has 0 radical (unpaired) electrons. The highest BCUT2D eigenvalue weighted by atomic mass is 16.4. The summed E-state index contributed by atoms with van der Waals surface area (Å²) in [6.07, 6.45) is 7.99. The number of nitrogens with two attached hydrogens (primary N) is 1. The van der Waals surface area contributed by atoms with E-state index in [4.69, 9.17) is 4.79 Å². The molecular weight excluding hydrogens is 388 g/mol. The Morgan fingerprint density at radius 2 is 1.68 bits per heavy atom. The lowest BCUT2D eigenvalue weighted by Gasteiger charge is -2.12. The van der Waals surface area contributed by atoms with E-state index in [1.165, 1.54) is 42.5 Å². The molecule has 1 aliphatic carbocycles. The lowest BCUT2D eigenvalue weighted by molar-refractivity contribution is -0.106. The van der Waals surface area contributed by atoms with Gasteiger partial charge in [0.1, 0.15) is 0 Å². The number of Topliss-reactive ketones (excluding diaryl/α,β-unsaturated/α-hetero) is 1. The standard InChI is InChI=1S/C23H31NO.C2H6O.CH3NO/c1-17(2)19-13-11-18(12-14-19)7-6-10-23(25)22-16-15-21(24(22)3)20-8-4-5-9-20;1-3-2;2-1-3/h11-17,20H,4-10H2,1-3H3;1-2H3;1H,(H2,2,3). The quantitative estimate of drug-likeness (QED) is 0.475. The van der Waals surface area contributed by atoms with E-state index in [1.54, 1.807) is 14.2 Å². The second-order valence-electron chi connectivity index (χ2n) is 8.40. The Labute approximate surface area is 188 Å². The monoisotopic (exact) mass is 428 g/mol. The number of carbonyl (C=O) groups is 2. The third-order valence-electron chi connectivity index (χ3n) is 5.74. The average molecular weight is 429 g/mol. The van der Waals surface area contributed by atoms with Gasteiger partial charge in [-0.15, -0.1) is 0 Å². The van der Waals surface area contributed by atoms with Gasteiger partial charge in [-0.1, -0.05) is 51.0 Å². The third-order valence-corrected chi connectivity index (χ3v) is 5.74. The van der Waals surface area contributed by atoms with Gasteiger partial charge in [0, 0.05) is 33.4 Å². The normalized spacial score (nSPS) is 13.2. The number of aromatic nitrogens is 1. The summed E-state index contributed by atoms with van der Waals surface area (Å²) in [5, 5.41) is 0. The molecule has 1 aromatic carbocycles. The maximum atomic E-state index is 12.6. The lowest BCUT2D eigenvalue weighted by atomic mass is 9.99. The summed E-state index contributed by atoms with van der Waals surface area (Å²) >= 11 is 0. The second kappa shape index (κ2) is 14.6. The fourth-order valence-corrected chi connectivity index (χ4v) is 4.09. The van der Waals surface area contributed by atoms with Crippen molar-refractivity contribution in [1.29, 1.82) is 0 Å². The van der Waals surface area contributed by atoms with Gasteiger partial charge < -0.3 is 15.0 Å². The molecule has 1 amide bonds. The van der Waals surface area contributed by atoms with Gasteiger partial charge in [0.15, 0.2) is 5.78 Å². The topological polar surface area (TPSA) is 74.3 Å². The zero-order chi connectivity index (χ0) is 23.2. The smallest absolute Gasteiger partial charge is 0.204 e. The Morgan fingerprint density at radius 1 is 1.13 bits per heavy atom. The molecule has 3 rings (SSSR count). The van der Waals surface area contributed by atoms with Crippen LogP contribution in [0.5, 0.6) is 0 Å². The maximum Gasteiger partial charge on any atom is 0.204 e. The first kappa shape index (κ1) is 26.6. The maximum absolute atomic E-state index is 12.6. The van der Waals surface area contributed by atoms with Crippen molar-refractivity contribution < 1.29 is 14.3 Å². The van der Waals surface area contributed by atoms with E-state index in [2.05, 4.69) is 66.3 Å². The Bertz CT molecular complexity index is 772. The molecule has 2 N–H and O–H groups in total. The molecule has 0 saturated heterocycles. The van der Waals surface area contributed by atoms with Gasteiger partial charge in [-0.05, 0) is 60.8 Å². The zero-order valence-electron chi connectivity index (χ0n) is 19.9. The van der Waals surface area contributed by atoms with Gasteiger partial charge in [0.05, 0.1) is 5.69 Å². The van der Waals surface area contributed by atoms with Crippen LogP contribution in [0.4, 0.5) is 0 Å². The van der Waals surface area contributed by atoms with Crippen molar-refractivity contribution in [2.75, 3.05) is 14.2 Å². The van der Waals surface area contributed by atoms with Crippen molar-refractivity contribution in [3.05, 3.63) is 58.9 Å². The van der Waals surface area contributed by atoms with Crippen LogP contribution in [-0.2, 0) is 23.0 Å². The molecule has 5 heteroatoms. The zero-order valence-corrected chi connectivity index (χ0v) is 19.9. The van der Waals surface area contributed by atoms with Gasteiger partial charge in [0.25, 0.3) is 0 Å². The summed E-state index contributed by atoms with van der Waals surface area (Å²) in [7, 11) is 5.31. The lowest BCUT2D eigenvalue weighted by Crippen LogP contribution is -2.10. The minimum absolute atomic E-state index is 0.250. The highest BCUT2D eigenvalue weighted by Gasteiger charge is 2.22. The molecule has 1 saturated carbocycles. The molecule has 172 valence electrons. The van der Waals surface area contributed by atoms with E-state index < -0.39 is 0 Å². The molecule has 0 atom stereocenters. The molecule has 1 heterocycles. The number of methoxy groups -OCH3 is 1. The summed E-state index contributed by atoms with van der Waals surface area (Å²) in [6, 6.07) is 13.1. The van der Waals surface area contributed by atoms with Crippen LogP contribution in [0.3, 0.4) is 0 Å². The van der Waals surface area contributed by atoms with Crippen LogP contribution >= 0.6 is 0 Å². The van der Waals surface area contributed by atoms with E-state index in [-0.39, 0.29) is 12.2 Å². The number of aryl methyl sites for hydroxylation is 1. The second-order valence-corrected chi connectivity index (χ2v) is 8.40. The van der Waals surface area contributed by atoms with Crippen LogP contribution in [0.25, 0.3) is 0 Å². The van der Waals surface area contributed by atoms with E-state index in [9.17, 15) is 4.79 Å². The number of ether oxygens (including phenoxy) is 1. The van der Waals surface area contributed by atoms with Crippen molar-refractivity contribution in [1.82, 2.24) is 4.57 Å². The Kier molecular flexibility index (Phi) is 12.5. The molecule has 0 bridgehead atoms. The molecule has 0 spiro atoms. The Morgan fingerprint density at radius 3 is 2.19 bits per heavy atom. The predicted octanol–water partition coefficient (Wildman–Crippen LogP) is 5.38. The van der Waals surface area contributed by atoms with E-state index in [0.717, 1.165) is 18.5 Å². The number of hydrogen-bond acceptors (Lipinski definition) is 3. The van der Waals surface area contributed by atoms with Crippen LogP contribution in [0.1, 0.15) is 91.5 Å².